The smallest absolute Gasteiger partial charge is 0.242 e. The molecular weight excluding hydrogens is 392 g/mol. The van der Waals surface area contributed by atoms with Gasteiger partial charge in [-0.15, -0.1) is 11.8 Å². The summed E-state index contributed by atoms with van der Waals surface area (Å²) >= 11 is 1.59. The third kappa shape index (κ3) is 7.52. The van der Waals surface area contributed by atoms with Crippen molar-refractivity contribution in [2.75, 3.05) is 5.75 Å². The number of carbonyl (C=O) groups excluding carboxylic acids is 2. The average Bonchev–Trinajstić information content (AvgIpc) is 2.71. The van der Waals surface area contributed by atoms with Gasteiger partial charge >= 0.3 is 0 Å². The molecule has 2 rings (SSSR count). The summed E-state index contributed by atoms with van der Waals surface area (Å²) in [6.45, 7) is 10.4. The van der Waals surface area contributed by atoms with Crippen molar-refractivity contribution >= 4 is 23.6 Å². The zero-order chi connectivity index (χ0) is 22.1. The van der Waals surface area contributed by atoms with E-state index < -0.39 is 6.04 Å². The van der Waals surface area contributed by atoms with Crippen LogP contribution in [0.3, 0.4) is 0 Å². The van der Waals surface area contributed by atoms with Crippen molar-refractivity contribution < 1.29 is 9.59 Å². The summed E-state index contributed by atoms with van der Waals surface area (Å²) in [6, 6.07) is 16.0. The molecule has 0 heterocycles. The topological polar surface area (TPSA) is 49.4 Å². The van der Waals surface area contributed by atoms with Crippen molar-refractivity contribution in [1.29, 1.82) is 0 Å². The minimum absolute atomic E-state index is 0.0130. The molecule has 0 bridgehead atoms. The number of rotatable bonds is 10. The highest BCUT2D eigenvalue weighted by Gasteiger charge is 2.26. The zero-order valence-corrected chi connectivity index (χ0v) is 19.6. The molecule has 30 heavy (non-hydrogen) atoms. The molecule has 1 N–H and O–H groups in total. The van der Waals surface area contributed by atoms with Gasteiger partial charge < -0.3 is 10.2 Å². The number of aryl methyl sites for hydroxylation is 2. The van der Waals surface area contributed by atoms with E-state index >= 15 is 0 Å². The number of hydrogen-bond acceptors (Lipinski definition) is 3. The third-order valence-electron chi connectivity index (χ3n) is 5.18. The Morgan fingerprint density at radius 2 is 1.60 bits per heavy atom. The average molecular weight is 427 g/mol. The first-order valence-electron chi connectivity index (χ1n) is 10.6. The van der Waals surface area contributed by atoms with Crippen LogP contribution in [0, 0.1) is 13.8 Å². The van der Waals surface area contributed by atoms with Gasteiger partial charge in [-0.1, -0.05) is 66.6 Å². The zero-order valence-electron chi connectivity index (χ0n) is 18.8. The lowest BCUT2D eigenvalue weighted by Crippen LogP contribution is -2.50. The van der Waals surface area contributed by atoms with E-state index in [1.165, 1.54) is 11.1 Å². The van der Waals surface area contributed by atoms with Crippen LogP contribution in [-0.2, 0) is 21.9 Å². The lowest BCUT2D eigenvalue weighted by atomic mass is 10.1. The number of benzene rings is 2. The van der Waals surface area contributed by atoms with Gasteiger partial charge in [-0.05, 0) is 45.2 Å². The maximum atomic E-state index is 13.1. The highest BCUT2D eigenvalue weighted by Crippen LogP contribution is 2.17. The lowest BCUT2D eigenvalue weighted by molar-refractivity contribution is -0.138. The Morgan fingerprint density at radius 3 is 2.20 bits per heavy atom. The van der Waals surface area contributed by atoms with Gasteiger partial charge in [-0.2, -0.15) is 0 Å². The fourth-order valence-corrected chi connectivity index (χ4v) is 4.05. The maximum absolute atomic E-state index is 13.1. The number of thioether (sulfide) groups is 1. The van der Waals surface area contributed by atoms with Crippen molar-refractivity contribution in [2.45, 2.75) is 65.4 Å². The molecule has 0 radical (unpaired) electrons. The van der Waals surface area contributed by atoms with E-state index in [1.807, 2.05) is 52.0 Å². The Balaban J connectivity index is 2.08. The molecule has 0 aromatic heterocycles. The predicted molar refractivity (Wildman–Crippen MR) is 126 cm³/mol. The quantitative estimate of drug-likeness (QED) is 0.590. The molecule has 0 aliphatic heterocycles. The predicted octanol–water partition coefficient (Wildman–Crippen LogP) is 4.87. The van der Waals surface area contributed by atoms with Gasteiger partial charge in [0.25, 0.3) is 0 Å². The Hall–Kier alpha value is -2.27. The van der Waals surface area contributed by atoms with E-state index in [2.05, 4.69) is 36.5 Å². The molecule has 2 amide bonds. The summed E-state index contributed by atoms with van der Waals surface area (Å²) in [5, 5.41) is 3.01. The van der Waals surface area contributed by atoms with E-state index in [0.29, 0.717) is 12.3 Å². The molecular formula is C25H34N2O2S. The van der Waals surface area contributed by atoms with Crippen LogP contribution in [0.2, 0.25) is 0 Å². The Bertz CT molecular complexity index is 853. The van der Waals surface area contributed by atoms with Crippen LogP contribution in [0.4, 0.5) is 0 Å². The summed E-state index contributed by atoms with van der Waals surface area (Å²) in [5.74, 6) is 1.01. The molecule has 0 saturated heterocycles. The lowest BCUT2D eigenvalue weighted by Gasteiger charge is -2.29. The molecule has 0 fully saturated rings. The third-order valence-corrected chi connectivity index (χ3v) is 6.17. The number of amides is 2. The second-order valence-corrected chi connectivity index (χ2v) is 8.97. The van der Waals surface area contributed by atoms with E-state index in [-0.39, 0.29) is 17.9 Å². The van der Waals surface area contributed by atoms with Crippen molar-refractivity contribution in [3.63, 3.8) is 0 Å². The van der Waals surface area contributed by atoms with Gasteiger partial charge in [0.1, 0.15) is 6.04 Å². The minimum atomic E-state index is -0.522. The standard InChI is InChI=1S/C25H34N2O2S/c1-6-20(4)26-25(29)21(5)27(15-22-11-7-9-18(2)13-22)24(28)17-30-16-23-12-8-10-19(3)14-23/h7-14,20-21H,6,15-17H2,1-5H3,(H,26,29)/t20-,21-/m1/s1. The van der Waals surface area contributed by atoms with E-state index in [1.54, 1.807) is 16.7 Å². The van der Waals surface area contributed by atoms with Gasteiger partial charge in [-0.25, -0.2) is 0 Å². The summed E-state index contributed by atoms with van der Waals surface area (Å²) in [6.07, 6.45) is 0.858. The molecule has 5 heteroatoms. The largest absolute Gasteiger partial charge is 0.352 e. The monoisotopic (exact) mass is 426 g/mol. The fourth-order valence-electron chi connectivity index (χ4n) is 3.20. The van der Waals surface area contributed by atoms with Crippen LogP contribution in [0.15, 0.2) is 48.5 Å². The van der Waals surface area contributed by atoms with Crippen molar-refractivity contribution in [1.82, 2.24) is 10.2 Å². The molecule has 2 aromatic rings. The van der Waals surface area contributed by atoms with Crippen LogP contribution >= 0.6 is 11.8 Å². The molecule has 0 spiro atoms. The van der Waals surface area contributed by atoms with Crippen molar-refractivity contribution in [2.24, 2.45) is 0 Å². The number of nitrogens with one attached hydrogen (secondary N) is 1. The first kappa shape index (κ1) is 24.0. The van der Waals surface area contributed by atoms with Crippen molar-refractivity contribution in [3.8, 4) is 0 Å². The van der Waals surface area contributed by atoms with E-state index in [9.17, 15) is 9.59 Å². The molecule has 2 aromatic carbocycles. The SMILES string of the molecule is CC[C@@H](C)NC(=O)[C@@H](C)N(Cc1cccc(C)c1)C(=O)CSCc1cccc(C)c1. The number of hydrogen-bond donors (Lipinski definition) is 1. The normalized spacial score (nSPS) is 12.8. The van der Waals surface area contributed by atoms with Gasteiger partial charge in [0.15, 0.2) is 0 Å². The van der Waals surface area contributed by atoms with E-state index in [0.717, 1.165) is 23.3 Å². The maximum Gasteiger partial charge on any atom is 0.242 e. The second-order valence-electron chi connectivity index (χ2n) is 7.99. The number of nitrogens with zero attached hydrogens (tertiary/aromatic N) is 1. The summed E-state index contributed by atoms with van der Waals surface area (Å²) in [5.41, 5.74) is 4.61. The Kier molecular flexibility index (Phi) is 9.44. The first-order valence-corrected chi connectivity index (χ1v) is 11.7. The summed E-state index contributed by atoms with van der Waals surface area (Å²) in [7, 11) is 0. The molecule has 0 unspecified atom stereocenters. The molecule has 0 saturated carbocycles. The van der Waals surface area contributed by atoms with Gasteiger partial charge in [0.05, 0.1) is 5.75 Å². The van der Waals surface area contributed by atoms with E-state index in [4.69, 9.17) is 0 Å². The summed E-state index contributed by atoms with van der Waals surface area (Å²) < 4.78 is 0. The van der Waals surface area contributed by atoms with Crippen LogP contribution in [0.25, 0.3) is 0 Å². The summed E-state index contributed by atoms with van der Waals surface area (Å²) in [4.78, 5) is 27.6. The first-order chi connectivity index (χ1) is 14.3. The molecule has 0 aliphatic carbocycles. The molecule has 162 valence electrons. The van der Waals surface area contributed by atoms with Crippen LogP contribution in [-0.4, -0.2) is 34.6 Å². The highest BCUT2D eigenvalue weighted by atomic mass is 32.2. The minimum Gasteiger partial charge on any atom is -0.352 e. The Labute approximate surface area is 185 Å². The molecule has 0 aliphatic rings. The fraction of sp³-hybridized carbons (Fsp3) is 0.440. The number of carbonyl (C=O) groups is 2. The van der Waals surface area contributed by atoms with Crippen molar-refractivity contribution in [3.05, 3.63) is 70.8 Å². The van der Waals surface area contributed by atoms with Gasteiger partial charge in [-0.3, -0.25) is 9.59 Å². The van der Waals surface area contributed by atoms with Crippen LogP contribution in [0.5, 0.6) is 0 Å². The van der Waals surface area contributed by atoms with Gasteiger partial charge in [0.2, 0.25) is 11.8 Å². The molecule has 2 atom stereocenters. The second kappa shape index (κ2) is 11.8. The van der Waals surface area contributed by atoms with Crippen LogP contribution < -0.4 is 5.32 Å². The highest BCUT2D eigenvalue weighted by molar-refractivity contribution is 7.99. The van der Waals surface area contributed by atoms with Gasteiger partial charge in [0, 0.05) is 18.3 Å². The Morgan fingerprint density at radius 1 is 1.00 bits per heavy atom. The molecule has 4 nitrogen and oxygen atoms in total. The van der Waals surface area contributed by atoms with Crippen LogP contribution in [0.1, 0.15) is 49.4 Å².